The van der Waals surface area contributed by atoms with Crippen LogP contribution in [0.3, 0.4) is 0 Å². The minimum absolute atomic E-state index is 0.169. The van der Waals surface area contributed by atoms with Crippen LogP contribution in [0.4, 0.5) is 0 Å². The Kier molecular flexibility index (Phi) is 4.02. The normalized spacial score (nSPS) is 25.0. The number of primary amides is 1. The molecule has 3 rings (SSSR count). The first kappa shape index (κ1) is 14.6. The fourth-order valence-corrected chi connectivity index (χ4v) is 4.73. The molecule has 0 unspecified atom stereocenters. The summed E-state index contributed by atoms with van der Waals surface area (Å²) >= 11 is 1.68. The van der Waals surface area contributed by atoms with Crippen LogP contribution in [-0.4, -0.2) is 29.8 Å². The van der Waals surface area contributed by atoms with Crippen molar-refractivity contribution in [1.82, 2.24) is 4.90 Å². The number of nitrogens with zero attached hydrogens (tertiary/aromatic N) is 1. The van der Waals surface area contributed by atoms with Crippen LogP contribution in [0.25, 0.3) is 0 Å². The van der Waals surface area contributed by atoms with Gasteiger partial charge in [-0.2, -0.15) is 0 Å². The molecule has 2 N–H and O–H groups in total. The van der Waals surface area contributed by atoms with E-state index in [1.165, 1.54) is 11.3 Å². The summed E-state index contributed by atoms with van der Waals surface area (Å²) in [5.74, 6) is -0.231. The monoisotopic (exact) mass is 306 g/mol. The Balaban J connectivity index is 1.84. The van der Waals surface area contributed by atoms with Gasteiger partial charge in [-0.1, -0.05) is 25.3 Å². The topological polar surface area (TPSA) is 63.4 Å². The molecule has 1 atom stereocenters. The summed E-state index contributed by atoms with van der Waals surface area (Å²) in [6, 6.07) is 4.12. The Bertz CT molecular complexity index is 520. The maximum atomic E-state index is 13.2. The summed E-state index contributed by atoms with van der Waals surface area (Å²) in [6.07, 6.45) is 6.01. The predicted octanol–water partition coefficient (Wildman–Crippen LogP) is 2.28. The zero-order chi connectivity index (χ0) is 14.9. The van der Waals surface area contributed by atoms with E-state index in [-0.39, 0.29) is 23.1 Å². The zero-order valence-corrected chi connectivity index (χ0v) is 13.0. The number of hydrogen-bond acceptors (Lipinski definition) is 3. The fraction of sp³-hybridized carbons (Fsp3) is 0.625. The fourth-order valence-electron chi connectivity index (χ4n) is 3.75. The molecule has 4 nitrogen and oxygen atoms in total. The standard InChI is InChI=1S/C16H22N2O2S/c17-14(19)12-6-9-18(11-12)15(20)16(7-2-1-3-8-16)13-5-4-10-21-13/h4-5,10,12H,1-3,6-9,11H2,(H2,17,19)/t12-/m0/s1. The lowest BCUT2D eigenvalue weighted by molar-refractivity contribution is -0.138. The summed E-state index contributed by atoms with van der Waals surface area (Å²) in [7, 11) is 0. The second-order valence-corrected chi connectivity index (χ2v) is 7.21. The molecule has 21 heavy (non-hydrogen) atoms. The van der Waals surface area contributed by atoms with Gasteiger partial charge in [0.05, 0.1) is 11.3 Å². The zero-order valence-electron chi connectivity index (χ0n) is 12.2. The van der Waals surface area contributed by atoms with Gasteiger partial charge in [0.2, 0.25) is 11.8 Å². The van der Waals surface area contributed by atoms with Gasteiger partial charge in [-0.3, -0.25) is 9.59 Å². The van der Waals surface area contributed by atoms with E-state index in [4.69, 9.17) is 5.73 Å². The highest BCUT2D eigenvalue weighted by atomic mass is 32.1. The Morgan fingerprint density at radius 3 is 2.62 bits per heavy atom. The third-order valence-corrected chi connectivity index (χ3v) is 6.06. The minimum atomic E-state index is -0.348. The van der Waals surface area contributed by atoms with Gasteiger partial charge in [-0.05, 0) is 30.7 Å². The second kappa shape index (κ2) is 5.79. The van der Waals surface area contributed by atoms with E-state index in [1.54, 1.807) is 11.3 Å². The number of hydrogen-bond donors (Lipinski definition) is 1. The summed E-state index contributed by atoms with van der Waals surface area (Å²) in [4.78, 5) is 27.6. The summed E-state index contributed by atoms with van der Waals surface area (Å²) in [5, 5.41) is 2.05. The van der Waals surface area contributed by atoms with Crippen molar-refractivity contribution in [2.45, 2.75) is 43.9 Å². The van der Waals surface area contributed by atoms with Crippen LogP contribution in [0.1, 0.15) is 43.4 Å². The number of carbonyl (C=O) groups excluding carboxylic acids is 2. The van der Waals surface area contributed by atoms with Gasteiger partial charge in [-0.25, -0.2) is 0 Å². The average Bonchev–Trinajstić information content (AvgIpc) is 3.18. The largest absolute Gasteiger partial charge is 0.369 e. The Hall–Kier alpha value is -1.36. The van der Waals surface area contributed by atoms with Gasteiger partial charge in [0.1, 0.15) is 0 Å². The molecule has 1 saturated heterocycles. The number of nitrogens with two attached hydrogens (primary N) is 1. The van der Waals surface area contributed by atoms with Crippen molar-refractivity contribution in [3.63, 3.8) is 0 Å². The number of rotatable bonds is 3. The molecule has 0 radical (unpaired) electrons. The number of amides is 2. The van der Waals surface area contributed by atoms with E-state index in [0.29, 0.717) is 19.5 Å². The van der Waals surface area contributed by atoms with Crippen molar-refractivity contribution >= 4 is 23.2 Å². The molecule has 1 aliphatic heterocycles. The first-order valence-electron chi connectivity index (χ1n) is 7.76. The maximum Gasteiger partial charge on any atom is 0.234 e. The molecule has 2 aliphatic rings. The van der Waals surface area contributed by atoms with Crippen LogP contribution in [0.15, 0.2) is 17.5 Å². The van der Waals surface area contributed by atoms with Crippen LogP contribution < -0.4 is 5.73 Å². The lowest BCUT2D eigenvalue weighted by atomic mass is 9.72. The predicted molar refractivity (Wildman–Crippen MR) is 83.0 cm³/mol. The van der Waals surface area contributed by atoms with Gasteiger partial charge < -0.3 is 10.6 Å². The van der Waals surface area contributed by atoms with E-state index >= 15 is 0 Å². The highest BCUT2D eigenvalue weighted by Gasteiger charge is 2.46. The highest BCUT2D eigenvalue weighted by molar-refractivity contribution is 7.10. The van der Waals surface area contributed by atoms with Crippen LogP contribution >= 0.6 is 11.3 Å². The van der Waals surface area contributed by atoms with Gasteiger partial charge in [0.25, 0.3) is 0 Å². The third kappa shape index (κ3) is 2.59. The van der Waals surface area contributed by atoms with Crippen molar-refractivity contribution in [3.8, 4) is 0 Å². The Labute approximate surface area is 129 Å². The van der Waals surface area contributed by atoms with Crippen LogP contribution in [0.2, 0.25) is 0 Å². The molecule has 2 heterocycles. The van der Waals surface area contributed by atoms with Crippen LogP contribution in [-0.2, 0) is 15.0 Å². The Morgan fingerprint density at radius 2 is 2.05 bits per heavy atom. The minimum Gasteiger partial charge on any atom is -0.369 e. The van der Waals surface area contributed by atoms with Gasteiger partial charge in [-0.15, -0.1) is 11.3 Å². The van der Waals surface area contributed by atoms with Crippen LogP contribution in [0, 0.1) is 5.92 Å². The number of likely N-dealkylation sites (tertiary alicyclic amines) is 1. The van der Waals surface area contributed by atoms with E-state index in [1.807, 2.05) is 11.0 Å². The first-order valence-corrected chi connectivity index (χ1v) is 8.64. The molecule has 0 aromatic carbocycles. The molecule has 2 amide bonds. The molecule has 5 heteroatoms. The summed E-state index contributed by atoms with van der Waals surface area (Å²) < 4.78 is 0. The molecule has 0 spiro atoms. The first-order chi connectivity index (χ1) is 10.1. The van der Waals surface area contributed by atoms with Gasteiger partial charge >= 0.3 is 0 Å². The van der Waals surface area contributed by atoms with Crippen molar-refractivity contribution in [2.24, 2.45) is 11.7 Å². The molecule has 1 aliphatic carbocycles. The highest BCUT2D eigenvalue weighted by Crippen LogP contribution is 2.43. The maximum absolute atomic E-state index is 13.2. The molecule has 114 valence electrons. The van der Waals surface area contributed by atoms with Crippen molar-refractivity contribution in [1.29, 1.82) is 0 Å². The van der Waals surface area contributed by atoms with E-state index in [9.17, 15) is 9.59 Å². The third-order valence-electron chi connectivity index (χ3n) is 4.99. The quantitative estimate of drug-likeness (QED) is 0.931. The lowest BCUT2D eigenvalue weighted by Gasteiger charge is -2.38. The SMILES string of the molecule is NC(=O)[C@H]1CCN(C(=O)C2(c3cccs3)CCCCC2)C1. The molecule has 1 saturated carbocycles. The molecule has 1 aromatic heterocycles. The molecular weight excluding hydrogens is 284 g/mol. The molecular formula is C16H22N2O2S. The van der Waals surface area contributed by atoms with Gasteiger partial charge in [0, 0.05) is 18.0 Å². The van der Waals surface area contributed by atoms with Crippen molar-refractivity contribution in [3.05, 3.63) is 22.4 Å². The lowest BCUT2D eigenvalue weighted by Crippen LogP contribution is -2.47. The van der Waals surface area contributed by atoms with E-state index < -0.39 is 0 Å². The van der Waals surface area contributed by atoms with Crippen molar-refractivity contribution in [2.75, 3.05) is 13.1 Å². The Morgan fingerprint density at radius 1 is 1.29 bits per heavy atom. The number of thiophene rings is 1. The summed E-state index contributed by atoms with van der Waals surface area (Å²) in [6.45, 7) is 1.17. The molecule has 2 fully saturated rings. The van der Waals surface area contributed by atoms with Gasteiger partial charge in [0.15, 0.2) is 0 Å². The summed E-state index contributed by atoms with van der Waals surface area (Å²) in [5.41, 5.74) is 5.04. The van der Waals surface area contributed by atoms with Crippen LogP contribution in [0.5, 0.6) is 0 Å². The van der Waals surface area contributed by atoms with E-state index in [0.717, 1.165) is 25.7 Å². The van der Waals surface area contributed by atoms with Crippen molar-refractivity contribution < 1.29 is 9.59 Å². The molecule has 0 bridgehead atoms. The van der Waals surface area contributed by atoms with E-state index in [2.05, 4.69) is 11.4 Å². The smallest absolute Gasteiger partial charge is 0.234 e. The number of carbonyl (C=O) groups is 2. The average molecular weight is 306 g/mol. The second-order valence-electron chi connectivity index (χ2n) is 6.26. The molecule has 1 aromatic rings.